The number of nitrogens with zero attached hydrogens (tertiary/aromatic N) is 2. The minimum Gasteiger partial charge on any atom is -0.354 e. The quantitative estimate of drug-likeness (QED) is 0.718. The van der Waals surface area contributed by atoms with Gasteiger partial charge in [-0.15, -0.1) is 0 Å². The summed E-state index contributed by atoms with van der Waals surface area (Å²) < 4.78 is 15.6. The van der Waals surface area contributed by atoms with Crippen molar-refractivity contribution in [3.8, 4) is 0 Å². The molecule has 2 N–H and O–H groups in total. The molecule has 0 aliphatic heterocycles. The van der Waals surface area contributed by atoms with E-state index < -0.39 is 17.8 Å². The second-order valence-electron chi connectivity index (χ2n) is 6.12. The Bertz CT molecular complexity index is 701. The molecule has 25 heavy (non-hydrogen) atoms. The van der Waals surface area contributed by atoms with Crippen LogP contribution >= 0.6 is 0 Å². The smallest absolute Gasteiger partial charge is 0.254 e. The van der Waals surface area contributed by atoms with Crippen molar-refractivity contribution in [3.05, 3.63) is 54.4 Å². The van der Waals surface area contributed by atoms with E-state index in [1.165, 1.54) is 18.2 Å². The van der Waals surface area contributed by atoms with Crippen LogP contribution in [0.2, 0.25) is 0 Å². The van der Waals surface area contributed by atoms with Crippen molar-refractivity contribution < 1.29 is 14.0 Å². The van der Waals surface area contributed by atoms with E-state index in [9.17, 15) is 14.0 Å². The molecule has 134 valence electrons. The Hall–Kier alpha value is -2.70. The molecule has 0 radical (unpaired) electrons. The molecular weight excluding hydrogens is 323 g/mol. The second kappa shape index (κ2) is 8.96. The molecule has 0 unspecified atom stereocenters. The molecule has 2 amide bonds. The van der Waals surface area contributed by atoms with Crippen molar-refractivity contribution in [2.45, 2.75) is 32.9 Å². The number of halogens is 1. The molecule has 2 rings (SSSR count). The average molecular weight is 346 g/mol. The lowest BCUT2D eigenvalue weighted by Crippen LogP contribution is -2.50. The first kappa shape index (κ1) is 18.6. The van der Waals surface area contributed by atoms with Gasteiger partial charge in [-0.3, -0.25) is 9.59 Å². The maximum absolute atomic E-state index is 13.7. The molecular formula is C18H23FN4O2. The molecule has 0 aliphatic carbocycles. The molecule has 1 aromatic heterocycles. The molecule has 7 heteroatoms. The number of carbonyl (C=O) groups excluding carboxylic acids is 2. The first-order valence-corrected chi connectivity index (χ1v) is 8.28. The predicted octanol–water partition coefficient (Wildman–Crippen LogP) is 1.98. The van der Waals surface area contributed by atoms with E-state index in [0.717, 1.165) is 13.0 Å². The van der Waals surface area contributed by atoms with Crippen molar-refractivity contribution >= 4 is 11.8 Å². The van der Waals surface area contributed by atoms with Gasteiger partial charge in [0.2, 0.25) is 5.91 Å². The Morgan fingerprint density at radius 2 is 2.04 bits per heavy atom. The zero-order chi connectivity index (χ0) is 18.2. The summed E-state index contributed by atoms with van der Waals surface area (Å²) in [5, 5.41) is 5.44. The fourth-order valence-corrected chi connectivity index (χ4v) is 2.40. The Morgan fingerprint density at radius 3 is 2.68 bits per heavy atom. The van der Waals surface area contributed by atoms with Gasteiger partial charge < -0.3 is 15.2 Å². The molecule has 0 saturated carbocycles. The van der Waals surface area contributed by atoms with Crippen LogP contribution in [-0.4, -0.2) is 34.0 Å². The maximum Gasteiger partial charge on any atom is 0.254 e. The third kappa shape index (κ3) is 5.41. The van der Waals surface area contributed by atoms with E-state index >= 15 is 0 Å². The van der Waals surface area contributed by atoms with Crippen LogP contribution in [-0.2, 0) is 11.3 Å². The highest BCUT2D eigenvalue weighted by molar-refractivity contribution is 5.97. The summed E-state index contributed by atoms with van der Waals surface area (Å²) in [7, 11) is 0. The summed E-state index contributed by atoms with van der Waals surface area (Å²) >= 11 is 0. The SMILES string of the molecule is CC(C)[C@H](NC(=O)c1ccccc1F)C(=O)NCCCn1ccnc1. The van der Waals surface area contributed by atoms with E-state index in [-0.39, 0.29) is 17.4 Å². The third-order valence-corrected chi connectivity index (χ3v) is 3.81. The number of hydrogen-bond donors (Lipinski definition) is 2. The topological polar surface area (TPSA) is 76.0 Å². The first-order valence-electron chi connectivity index (χ1n) is 8.28. The largest absolute Gasteiger partial charge is 0.354 e. The number of aromatic nitrogens is 2. The lowest BCUT2D eigenvalue weighted by molar-refractivity contribution is -0.123. The highest BCUT2D eigenvalue weighted by Crippen LogP contribution is 2.09. The highest BCUT2D eigenvalue weighted by atomic mass is 19.1. The summed E-state index contributed by atoms with van der Waals surface area (Å²) in [6, 6.07) is 4.98. The van der Waals surface area contributed by atoms with Crippen LogP contribution in [0.15, 0.2) is 43.0 Å². The van der Waals surface area contributed by atoms with E-state index in [1.807, 2.05) is 24.6 Å². The van der Waals surface area contributed by atoms with Crippen molar-refractivity contribution in [1.29, 1.82) is 0 Å². The first-order chi connectivity index (χ1) is 12.0. The van der Waals surface area contributed by atoms with E-state index in [1.54, 1.807) is 18.6 Å². The van der Waals surface area contributed by atoms with Gasteiger partial charge in [-0.25, -0.2) is 9.37 Å². The van der Waals surface area contributed by atoms with Gasteiger partial charge in [0.25, 0.3) is 5.91 Å². The predicted molar refractivity (Wildman–Crippen MR) is 92.3 cm³/mol. The zero-order valence-corrected chi connectivity index (χ0v) is 14.4. The summed E-state index contributed by atoms with van der Waals surface area (Å²) in [4.78, 5) is 28.5. The number of carbonyl (C=O) groups is 2. The normalized spacial score (nSPS) is 12.0. The number of rotatable bonds is 8. The minimum absolute atomic E-state index is 0.0685. The van der Waals surface area contributed by atoms with Crippen molar-refractivity contribution in [3.63, 3.8) is 0 Å². The zero-order valence-electron chi connectivity index (χ0n) is 14.4. The number of aryl methyl sites for hydroxylation is 1. The molecule has 1 aromatic carbocycles. The van der Waals surface area contributed by atoms with E-state index in [2.05, 4.69) is 15.6 Å². The van der Waals surface area contributed by atoms with Crippen LogP contribution in [0.25, 0.3) is 0 Å². The van der Waals surface area contributed by atoms with Gasteiger partial charge in [-0.05, 0) is 24.5 Å². The Balaban J connectivity index is 1.87. The Kier molecular flexibility index (Phi) is 6.68. The van der Waals surface area contributed by atoms with Crippen LogP contribution in [0.1, 0.15) is 30.6 Å². The highest BCUT2D eigenvalue weighted by Gasteiger charge is 2.25. The molecule has 0 aliphatic rings. The number of amides is 2. The van der Waals surface area contributed by atoms with Crippen LogP contribution < -0.4 is 10.6 Å². The lowest BCUT2D eigenvalue weighted by atomic mass is 10.0. The van der Waals surface area contributed by atoms with Gasteiger partial charge in [-0.1, -0.05) is 26.0 Å². The lowest BCUT2D eigenvalue weighted by Gasteiger charge is -2.22. The molecule has 0 bridgehead atoms. The number of hydrogen-bond acceptors (Lipinski definition) is 3. The fourth-order valence-electron chi connectivity index (χ4n) is 2.40. The Labute approximate surface area is 146 Å². The number of imidazole rings is 1. The van der Waals surface area contributed by atoms with Gasteiger partial charge in [0.05, 0.1) is 11.9 Å². The van der Waals surface area contributed by atoms with E-state index in [0.29, 0.717) is 6.54 Å². The van der Waals surface area contributed by atoms with Crippen LogP contribution in [0, 0.1) is 11.7 Å². The average Bonchev–Trinajstić information content (AvgIpc) is 3.09. The van der Waals surface area contributed by atoms with Gasteiger partial charge >= 0.3 is 0 Å². The molecule has 1 atom stereocenters. The third-order valence-electron chi connectivity index (χ3n) is 3.81. The van der Waals surface area contributed by atoms with Gasteiger partial charge in [0, 0.05) is 25.5 Å². The van der Waals surface area contributed by atoms with Crippen molar-refractivity contribution in [2.75, 3.05) is 6.54 Å². The minimum atomic E-state index is -0.722. The summed E-state index contributed by atoms with van der Waals surface area (Å²) in [5.74, 6) is -1.59. The second-order valence-corrected chi connectivity index (χ2v) is 6.12. The van der Waals surface area contributed by atoms with Crippen LogP contribution in [0.3, 0.4) is 0 Å². The molecule has 6 nitrogen and oxygen atoms in total. The molecule has 0 fully saturated rings. The van der Waals surface area contributed by atoms with Gasteiger partial charge in [-0.2, -0.15) is 0 Å². The number of benzene rings is 1. The monoisotopic (exact) mass is 346 g/mol. The van der Waals surface area contributed by atoms with E-state index in [4.69, 9.17) is 0 Å². The van der Waals surface area contributed by atoms with Gasteiger partial charge in [0.15, 0.2) is 0 Å². The Morgan fingerprint density at radius 1 is 1.28 bits per heavy atom. The van der Waals surface area contributed by atoms with Crippen molar-refractivity contribution in [2.24, 2.45) is 5.92 Å². The van der Waals surface area contributed by atoms with Crippen LogP contribution in [0.5, 0.6) is 0 Å². The molecule has 0 saturated heterocycles. The summed E-state index contributed by atoms with van der Waals surface area (Å²) in [6.45, 7) is 4.89. The summed E-state index contributed by atoms with van der Waals surface area (Å²) in [6.07, 6.45) is 6.01. The standard InChI is InChI=1S/C18H23FN4O2/c1-13(2)16(22-17(24)14-6-3-4-7-15(14)19)18(25)21-8-5-10-23-11-9-20-12-23/h3-4,6-7,9,11-13,16H,5,8,10H2,1-2H3,(H,21,25)(H,22,24)/t16-/m0/s1. The molecule has 1 heterocycles. The maximum atomic E-state index is 13.7. The summed E-state index contributed by atoms with van der Waals surface area (Å²) in [5.41, 5.74) is -0.0685. The molecule has 0 spiro atoms. The van der Waals surface area contributed by atoms with Crippen LogP contribution in [0.4, 0.5) is 4.39 Å². The van der Waals surface area contributed by atoms with Gasteiger partial charge in [0.1, 0.15) is 11.9 Å². The number of nitrogens with one attached hydrogen (secondary N) is 2. The molecule has 2 aromatic rings. The fraction of sp³-hybridized carbons (Fsp3) is 0.389. The van der Waals surface area contributed by atoms with Crippen molar-refractivity contribution in [1.82, 2.24) is 20.2 Å².